The number of anilines is 1. The molecule has 1 unspecified atom stereocenters. The Kier molecular flexibility index (Phi) is 4.28. The molecule has 3 aromatic rings. The van der Waals surface area contributed by atoms with Gasteiger partial charge in [-0.05, 0) is 42.8 Å². The second-order valence-electron chi connectivity index (χ2n) is 6.04. The summed E-state index contributed by atoms with van der Waals surface area (Å²) in [7, 11) is 0. The van der Waals surface area contributed by atoms with Crippen LogP contribution in [0.25, 0.3) is 0 Å². The number of aromatic nitrogens is 4. The summed E-state index contributed by atoms with van der Waals surface area (Å²) in [6.45, 7) is 2.15. The number of nitrogens with zero attached hydrogens (tertiary/aromatic N) is 4. The Balaban J connectivity index is 1.36. The summed E-state index contributed by atoms with van der Waals surface area (Å²) in [5.74, 6) is 1.47. The lowest BCUT2D eigenvalue weighted by atomic mass is 10.1. The van der Waals surface area contributed by atoms with Crippen LogP contribution in [0.3, 0.4) is 0 Å². The average molecular weight is 339 g/mol. The summed E-state index contributed by atoms with van der Waals surface area (Å²) in [4.78, 5) is 10.8. The molecule has 0 aliphatic carbocycles. The predicted octanol–water partition coefficient (Wildman–Crippen LogP) is 2.91. The van der Waals surface area contributed by atoms with E-state index in [9.17, 15) is 4.39 Å². The minimum absolute atomic E-state index is 0.274. The fourth-order valence-corrected chi connectivity index (χ4v) is 2.99. The van der Waals surface area contributed by atoms with E-state index >= 15 is 0 Å². The van der Waals surface area contributed by atoms with E-state index in [1.54, 1.807) is 24.5 Å². The van der Waals surface area contributed by atoms with Gasteiger partial charge in [-0.25, -0.2) is 14.4 Å². The van der Waals surface area contributed by atoms with E-state index in [0.29, 0.717) is 18.3 Å². The van der Waals surface area contributed by atoms with Crippen molar-refractivity contribution in [1.82, 2.24) is 20.2 Å². The Morgan fingerprint density at radius 2 is 2.00 bits per heavy atom. The summed E-state index contributed by atoms with van der Waals surface area (Å²) in [5, 5.41) is 7.44. The molecule has 0 bridgehead atoms. The van der Waals surface area contributed by atoms with E-state index in [4.69, 9.17) is 4.74 Å². The lowest BCUT2D eigenvalue weighted by Gasteiger charge is -2.14. The van der Waals surface area contributed by atoms with E-state index in [-0.39, 0.29) is 5.82 Å². The monoisotopic (exact) mass is 339 g/mol. The van der Waals surface area contributed by atoms with Crippen LogP contribution in [-0.2, 0) is 6.61 Å². The maximum Gasteiger partial charge on any atom is 0.225 e. The minimum atomic E-state index is -0.274. The van der Waals surface area contributed by atoms with E-state index in [2.05, 4.69) is 25.1 Å². The zero-order chi connectivity index (χ0) is 17.1. The predicted molar refractivity (Wildman–Crippen MR) is 90.9 cm³/mol. The van der Waals surface area contributed by atoms with Crippen LogP contribution < -0.4 is 9.64 Å². The van der Waals surface area contributed by atoms with Crippen LogP contribution in [0, 0.1) is 5.82 Å². The second-order valence-corrected chi connectivity index (χ2v) is 6.04. The topological polar surface area (TPSA) is 66.9 Å². The van der Waals surface area contributed by atoms with Gasteiger partial charge in [0.05, 0.1) is 11.4 Å². The zero-order valence-corrected chi connectivity index (χ0v) is 13.6. The standard InChI is InChI=1S/C18H18FN5O/c19-14-2-4-16(5-3-14)25-12-15-10-17(23-22-15)13-6-9-24(11-13)18-20-7-1-8-21-18/h1-5,7-8,10,13H,6,9,11-12H2,(H,22,23). The first-order chi connectivity index (χ1) is 12.3. The molecule has 3 heterocycles. The molecule has 1 saturated heterocycles. The van der Waals surface area contributed by atoms with Crippen LogP contribution in [0.1, 0.15) is 23.7 Å². The van der Waals surface area contributed by atoms with Gasteiger partial charge in [-0.2, -0.15) is 5.10 Å². The van der Waals surface area contributed by atoms with Crippen molar-refractivity contribution in [2.45, 2.75) is 18.9 Å². The number of aromatic amines is 1. The molecule has 2 aromatic heterocycles. The molecule has 1 fully saturated rings. The van der Waals surface area contributed by atoms with Crippen LogP contribution in [0.2, 0.25) is 0 Å². The van der Waals surface area contributed by atoms with Crippen molar-refractivity contribution in [3.05, 3.63) is 66.0 Å². The number of H-pyrrole nitrogens is 1. The normalized spacial score (nSPS) is 17.0. The molecule has 1 aliphatic rings. The molecular weight excluding hydrogens is 321 g/mol. The van der Waals surface area contributed by atoms with Gasteiger partial charge >= 0.3 is 0 Å². The molecule has 0 spiro atoms. The Morgan fingerprint density at radius 3 is 2.80 bits per heavy atom. The van der Waals surface area contributed by atoms with Crippen LogP contribution in [0.4, 0.5) is 10.3 Å². The number of nitrogens with one attached hydrogen (secondary N) is 1. The third kappa shape index (κ3) is 3.60. The molecular formula is C18H18FN5O. The van der Waals surface area contributed by atoms with Gasteiger partial charge < -0.3 is 9.64 Å². The maximum absolute atomic E-state index is 12.9. The van der Waals surface area contributed by atoms with Gasteiger partial charge in [0.1, 0.15) is 18.2 Å². The summed E-state index contributed by atoms with van der Waals surface area (Å²) in [6.07, 6.45) is 4.53. The minimum Gasteiger partial charge on any atom is -0.487 e. The third-order valence-corrected chi connectivity index (χ3v) is 4.30. The van der Waals surface area contributed by atoms with Crippen molar-refractivity contribution in [2.24, 2.45) is 0 Å². The largest absolute Gasteiger partial charge is 0.487 e. The van der Waals surface area contributed by atoms with E-state index in [0.717, 1.165) is 36.8 Å². The van der Waals surface area contributed by atoms with Gasteiger partial charge in [0.2, 0.25) is 5.95 Å². The van der Waals surface area contributed by atoms with Crippen molar-refractivity contribution in [1.29, 1.82) is 0 Å². The van der Waals surface area contributed by atoms with Gasteiger partial charge in [-0.1, -0.05) is 0 Å². The number of benzene rings is 1. The van der Waals surface area contributed by atoms with Crippen LogP contribution >= 0.6 is 0 Å². The van der Waals surface area contributed by atoms with Gasteiger partial charge in [0.25, 0.3) is 0 Å². The highest BCUT2D eigenvalue weighted by Gasteiger charge is 2.27. The Labute approximate surface area is 144 Å². The van der Waals surface area contributed by atoms with Crippen LogP contribution in [0.15, 0.2) is 48.8 Å². The molecule has 1 atom stereocenters. The van der Waals surface area contributed by atoms with Crippen molar-refractivity contribution in [3.63, 3.8) is 0 Å². The summed E-state index contributed by atoms with van der Waals surface area (Å²) < 4.78 is 18.5. The molecule has 25 heavy (non-hydrogen) atoms. The maximum atomic E-state index is 12.9. The third-order valence-electron chi connectivity index (χ3n) is 4.30. The Bertz CT molecular complexity index is 821. The lowest BCUT2D eigenvalue weighted by Crippen LogP contribution is -2.21. The van der Waals surface area contributed by atoms with Crippen LogP contribution in [-0.4, -0.2) is 33.3 Å². The van der Waals surface area contributed by atoms with E-state index in [1.165, 1.54) is 12.1 Å². The molecule has 0 amide bonds. The van der Waals surface area contributed by atoms with Gasteiger partial charge in [0, 0.05) is 31.4 Å². The molecule has 128 valence electrons. The summed E-state index contributed by atoms with van der Waals surface area (Å²) in [6, 6.07) is 9.84. The van der Waals surface area contributed by atoms with Crippen molar-refractivity contribution >= 4 is 5.95 Å². The van der Waals surface area contributed by atoms with E-state index in [1.807, 2.05) is 12.1 Å². The number of hydrogen-bond donors (Lipinski definition) is 1. The van der Waals surface area contributed by atoms with Crippen molar-refractivity contribution in [2.75, 3.05) is 18.0 Å². The SMILES string of the molecule is Fc1ccc(OCc2cc(C3CCN(c4ncccn4)C3)n[nH]2)cc1. The first-order valence-corrected chi connectivity index (χ1v) is 8.22. The fraction of sp³-hybridized carbons (Fsp3) is 0.278. The molecule has 4 rings (SSSR count). The van der Waals surface area contributed by atoms with Crippen molar-refractivity contribution < 1.29 is 9.13 Å². The highest BCUT2D eigenvalue weighted by atomic mass is 19.1. The quantitative estimate of drug-likeness (QED) is 0.774. The molecule has 1 aliphatic heterocycles. The van der Waals surface area contributed by atoms with Gasteiger partial charge in [-0.3, -0.25) is 5.10 Å². The zero-order valence-electron chi connectivity index (χ0n) is 13.6. The molecule has 1 aromatic carbocycles. The molecule has 7 heteroatoms. The average Bonchev–Trinajstić information content (AvgIpc) is 3.31. The second kappa shape index (κ2) is 6.88. The molecule has 1 N–H and O–H groups in total. The smallest absolute Gasteiger partial charge is 0.225 e. The first kappa shape index (κ1) is 15.6. The fourth-order valence-electron chi connectivity index (χ4n) is 2.99. The van der Waals surface area contributed by atoms with Crippen LogP contribution in [0.5, 0.6) is 5.75 Å². The molecule has 6 nitrogen and oxygen atoms in total. The van der Waals surface area contributed by atoms with Gasteiger partial charge in [0.15, 0.2) is 0 Å². The van der Waals surface area contributed by atoms with Gasteiger partial charge in [-0.15, -0.1) is 0 Å². The number of ether oxygens (including phenoxy) is 1. The lowest BCUT2D eigenvalue weighted by molar-refractivity contribution is 0.300. The Hall–Kier alpha value is -2.96. The molecule has 0 saturated carbocycles. The summed E-state index contributed by atoms with van der Waals surface area (Å²) >= 11 is 0. The summed E-state index contributed by atoms with van der Waals surface area (Å²) in [5.41, 5.74) is 1.92. The molecule has 0 radical (unpaired) electrons. The first-order valence-electron chi connectivity index (χ1n) is 8.22. The highest BCUT2D eigenvalue weighted by Crippen LogP contribution is 2.28. The number of rotatable bonds is 5. The number of hydrogen-bond acceptors (Lipinski definition) is 5. The number of halogens is 1. The Morgan fingerprint density at radius 1 is 1.20 bits per heavy atom. The van der Waals surface area contributed by atoms with Crippen molar-refractivity contribution in [3.8, 4) is 5.75 Å². The van der Waals surface area contributed by atoms with E-state index < -0.39 is 0 Å². The highest BCUT2D eigenvalue weighted by molar-refractivity contribution is 5.33.